The van der Waals surface area contributed by atoms with E-state index in [0.29, 0.717) is 17.7 Å². The number of phenolic OH excluding ortho intramolecular Hbond substituents is 1. The molecule has 2 bridgehead atoms. The number of hydrogen-bond donors (Lipinski definition) is 1. The number of likely N-dealkylation sites (N-methyl/N-ethyl adjacent to an activating group) is 1. The van der Waals surface area contributed by atoms with Gasteiger partial charge in [0.25, 0.3) is 0 Å². The summed E-state index contributed by atoms with van der Waals surface area (Å²) in [5.74, 6) is 1.67. The number of likely N-dealkylation sites (tertiary alicyclic amines) is 1. The highest BCUT2D eigenvalue weighted by Crippen LogP contribution is 2.63. The largest absolute Gasteiger partial charge is 0.504 e. The normalized spacial score (nSPS) is 41.9. The van der Waals surface area contributed by atoms with E-state index in [1.54, 1.807) is 13.2 Å². The Morgan fingerprint density at radius 3 is 3.05 bits per heavy atom. The fraction of sp³-hybridized carbons (Fsp3) is 0.667. The summed E-state index contributed by atoms with van der Waals surface area (Å²) >= 11 is 0. The first kappa shape index (κ1) is 13.2. The van der Waals surface area contributed by atoms with Crippen molar-refractivity contribution in [2.24, 2.45) is 5.92 Å². The molecule has 4 heteroatoms. The van der Waals surface area contributed by atoms with Crippen LogP contribution >= 0.6 is 0 Å². The summed E-state index contributed by atoms with van der Waals surface area (Å²) in [7, 11) is 4.06. The van der Waals surface area contributed by atoms with Crippen molar-refractivity contribution in [3.05, 3.63) is 23.3 Å². The summed E-state index contributed by atoms with van der Waals surface area (Å²) in [6.07, 6.45) is 4.65. The number of rotatable bonds is 1. The molecular formula is C18H23NO3. The smallest absolute Gasteiger partial charge is 0.165 e. The predicted molar refractivity (Wildman–Crippen MR) is 82.5 cm³/mol. The van der Waals surface area contributed by atoms with Gasteiger partial charge in [0.05, 0.1) is 6.10 Å². The number of piperidine rings is 1. The van der Waals surface area contributed by atoms with Crippen molar-refractivity contribution in [3.8, 4) is 11.5 Å². The standard InChI is InChI=1S/C18H23NO3/c1-19-8-7-18-11-4-6-14(21-2)17(18)22-16-13(20)5-3-10(15(16)18)9-12(11)19/h3,5,11-12,14,17,20H,4,6-9H2,1-2H3/t11?,12-,14-,17+,18+/m1/s1. The molecule has 22 heavy (non-hydrogen) atoms. The molecule has 0 radical (unpaired) electrons. The van der Waals surface area contributed by atoms with Crippen LogP contribution in [-0.2, 0) is 16.6 Å². The van der Waals surface area contributed by atoms with Crippen LogP contribution in [0.5, 0.6) is 11.5 Å². The van der Waals surface area contributed by atoms with E-state index in [1.165, 1.54) is 17.5 Å². The van der Waals surface area contributed by atoms with Gasteiger partial charge < -0.3 is 19.5 Å². The lowest BCUT2D eigenvalue weighted by Crippen LogP contribution is -2.66. The molecule has 2 heterocycles. The van der Waals surface area contributed by atoms with Gasteiger partial charge in [-0.15, -0.1) is 0 Å². The maximum atomic E-state index is 10.3. The molecule has 118 valence electrons. The van der Waals surface area contributed by atoms with E-state index in [0.717, 1.165) is 31.6 Å². The summed E-state index contributed by atoms with van der Waals surface area (Å²) in [5.41, 5.74) is 2.74. The molecule has 1 aromatic carbocycles. The Kier molecular flexibility index (Phi) is 2.51. The lowest BCUT2D eigenvalue weighted by Gasteiger charge is -2.58. The molecular weight excluding hydrogens is 278 g/mol. The molecule has 1 N–H and O–H groups in total. The summed E-state index contributed by atoms with van der Waals surface area (Å²) < 4.78 is 12.1. The minimum absolute atomic E-state index is 0.0533. The second-order valence-corrected chi connectivity index (χ2v) is 7.49. The molecule has 2 aliphatic heterocycles. The van der Waals surface area contributed by atoms with Gasteiger partial charge in [0.1, 0.15) is 6.10 Å². The van der Waals surface area contributed by atoms with Crippen LogP contribution in [-0.4, -0.2) is 49.0 Å². The van der Waals surface area contributed by atoms with Gasteiger partial charge in [0.15, 0.2) is 11.5 Å². The highest BCUT2D eigenvalue weighted by Gasteiger charge is 2.65. The van der Waals surface area contributed by atoms with Gasteiger partial charge in [0, 0.05) is 24.1 Å². The molecule has 0 amide bonds. The Morgan fingerprint density at radius 2 is 2.23 bits per heavy atom. The van der Waals surface area contributed by atoms with Crippen molar-refractivity contribution in [2.75, 3.05) is 20.7 Å². The van der Waals surface area contributed by atoms with E-state index in [-0.39, 0.29) is 17.6 Å². The second kappa shape index (κ2) is 4.18. The van der Waals surface area contributed by atoms with E-state index in [4.69, 9.17) is 9.47 Å². The molecule has 5 rings (SSSR count). The van der Waals surface area contributed by atoms with Crippen molar-refractivity contribution in [2.45, 2.75) is 49.3 Å². The van der Waals surface area contributed by atoms with Crippen LogP contribution in [0.25, 0.3) is 0 Å². The van der Waals surface area contributed by atoms with E-state index >= 15 is 0 Å². The van der Waals surface area contributed by atoms with Gasteiger partial charge >= 0.3 is 0 Å². The van der Waals surface area contributed by atoms with Gasteiger partial charge in [-0.05, 0) is 56.8 Å². The third-order valence-electron chi connectivity index (χ3n) is 6.84. The molecule has 1 aromatic rings. The Labute approximate surface area is 131 Å². The third kappa shape index (κ3) is 1.32. The maximum absolute atomic E-state index is 10.3. The number of phenols is 1. The molecule has 2 fully saturated rings. The van der Waals surface area contributed by atoms with Crippen LogP contribution < -0.4 is 4.74 Å². The number of benzene rings is 1. The zero-order chi connectivity index (χ0) is 15.1. The van der Waals surface area contributed by atoms with Crippen LogP contribution in [0.1, 0.15) is 30.4 Å². The summed E-state index contributed by atoms with van der Waals surface area (Å²) in [5, 5.41) is 10.3. The van der Waals surface area contributed by atoms with E-state index in [9.17, 15) is 5.11 Å². The predicted octanol–water partition coefficient (Wildman–Crippen LogP) is 2.08. The fourth-order valence-electron chi connectivity index (χ4n) is 5.93. The molecule has 4 nitrogen and oxygen atoms in total. The molecule has 0 aromatic heterocycles. The minimum atomic E-state index is 0.0533. The average Bonchev–Trinajstić information content (AvgIpc) is 2.88. The zero-order valence-corrected chi connectivity index (χ0v) is 13.2. The van der Waals surface area contributed by atoms with Crippen LogP contribution in [0, 0.1) is 5.92 Å². The highest BCUT2D eigenvalue weighted by atomic mass is 16.5. The summed E-state index contributed by atoms with van der Waals surface area (Å²) in [6, 6.07) is 4.51. The molecule has 1 spiro atoms. The maximum Gasteiger partial charge on any atom is 0.165 e. The quantitative estimate of drug-likeness (QED) is 0.862. The number of methoxy groups -OCH3 is 1. The SMILES string of the molecule is CO[C@@H]1CCC2[C@H]3Cc4ccc(O)c5c4[C@@]2(CCN3C)[C@H]1O5. The zero-order valence-electron chi connectivity index (χ0n) is 13.2. The van der Waals surface area contributed by atoms with Crippen molar-refractivity contribution in [1.29, 1.82) is 0 Å². The van der Waals surface area contributed by atoms with Crippen LogP contribution in [0.15, 0.2) is 12.1 Å². The number of nitrogens with zero attached hydrogens (tertiary/aromatic N) is 1. The topological polar surface area (TPSA) is 41.9 Å². The molecule has 4 aliphatic rings. The third-order valence-corrected chi connectivity index (χ3v) is 6.84. The molecule has 1 unspecified atom stereocenters. The van der Waals surface area contributed by atoms with Gasteiger partial charge in [-0.1, -0.05) is 6.07 Å². The first-order valence-corrected chi connectivity index (χ1v) is 8.42. The minimum Gasteiger partial charge on any atom is -0.504 e. The monoisotopic (exact) mass is 301 g/mol. The highest BCUT2D eigenvalue weighted by molar-refractivity contribution is 5.60. The Morgan fingerprint density at radius 1 is 1.36 bits per heavy atom. The molecule has 2 aliphatic carbocycles. The molecule has 5 atom stereocenters. The lowest BCUT2D eigenvalue weighted by atomic mass is 9.51. The summed E-state index contributed by atoms with van der Waals surface area (Å²) in [6.45, 7) is 1.10. The number of hydrogen-bond acceptors (Lipinski definition) is 4. The molecule has 1 saturated heterocycles. The number of ether oxygens (including phenoxy) is 2. The van der Waals surface area contributed by atoms with Crippen molar-refractivity contribution < 1.29 is 14.6 Å². The van der Waals surface area contributed by atoms with Crippen molar-refractivity contribution in [1.82, 2.24) is 4.90 Å². The fourth-order valence-corrected chi connectivity index (χ4v) is 5.93. The first-order valence-electron chi connectivity index (χ1n) is 8.42. The van der Waals surface area contributed by atoms with Gasteiger partial charge in [-0.2, -0.15) is 0 Å². The Balaban J connectivity index is 1.78. The van der Waals surface area contributed by atoms with Crippen LogP contribution in [0.2, 0.25) is 0 Å². The van der Waals surface area contributed by atoms with Crippen LogP contribution in [0.3, 0.4) is 0 Å². The Hall–Kier alpha value is -1.26. The lowest BCUT2D eigenvalue weighted by molar-refractivity contribution is -0.111. The Bertz CT molecular complexity index is 645. The van der Waals surface area contributed by atoms with E-state index < -0.39 is 0 Å². The van der Waals surface area contributed by atoms with E-state index in [2.05, 4.69) is 18.0 Å². The average molecular weight is 301 g/mol. The van der Waals surface area contributed by atoms with E-state index in [1.807, 2.05) is 0 Å². The van der Waals surface area contributed by atoms with Crippen LogP contribution in [0.4, 0.5) is 0 Å². The first-order chi connectivity index (χ1) is 10.7. The van der Waals surface area contributed by atoms with Gasteiger partial charge in [-0.25, -0.2) is 0 Å². The van der Waals surface area contributed by atoms with Crippen molar-refractivity contribution >= 4 is 0 Å². The summed E-state index contributed by atoms with van der Waals surface area (Å²) in [4.78, 5) is 2.54. The van der Waals surface area contributed by atoms with Gasteiger partial charge in [-0.3, -0.25) is 0 Å². The van der Waals surface area contributed by atoms with Gasteiger partial charge in [0.2, 0.25) is 0 Å². The number of aromatic hydroxyl groups is 1. The second-order valence-electron chi connectivity index (χ2n) is 7.49. The van der Waals surface area contributed by atoms with Crippen molar-refractivity contribution in [3.63, 3.8) is 0 Å². The molecule has 1 saturated carbocycles.